The smallest absolute Gasteiger partial charge is 0.181 e. The minimum atomic E-state index is -0.272. The Hall–Kier alpha value is -2.46. The van der Waals surface area contributed by atoms with Crippen molar-refractivity contribution in [2.24, 2.45) is 12.8 Å². The van der Waals surface area contributed by atoms with Gasteiger partial charge in [0.05, 0.1) is 6.04 Å². The van der Waals surface area contributed by atoms with Gasteiger partial charge in [0, 0.05) is 12.6 Å². The maximum Gasteiger partial charge on any atom is 0.181 e. The van der Waals surface area contributed by atoms with Crippen LogP contribution in [0.15, 0.2) is 60.7 Å². The summed E-state index contributed by atoms with van der Waals surface area (Å²) in [6.45, 7) is 0. The Bertz CT molecular complexity index is 689. The molecule has 0 spiro atoms. The highest BCUT2D eigenvalue weighted by Gasteiger charge is 2.17. The molecule has 0 bridgehead atoms. The lowest BCUT2D eigenvalue weighted by Crippen LogP contribution is -2.16. The molecule has 0 aliphatic heterocycles. The van der Waals surface area contributed by atoms with Crippen LogP contribution >= 0.6 is 0 Å². The molecule has 1 atom stereocenters. The van der Waals surface area contributed by atoms with Crippen molar-refractivity contribution in [3.63, 3.8) is 0 Å². The van der Waals surface area contributed by atoms with E-state index in [9.17, 15) is 0 Å². The first kappa shape index (κ1) is 12.6. The molecular formula is C16H16N4. The lowest BCUT2D eigenvalue weighted by atomic mass is 10.1. The van der Waals surface area contributed by atoms with Gasteiger partial charge in [0.25, 0.3) is 0 Å². The van der Waals surface area contributed by atoms with E-state index >= 15 is 0 Å². The summed E-state index contributed by atoms with van der Waals surface area (Å²) in [5.41, 5.74) is 8.31. The van der Waals surface area contributed by atoms with E-state index in [0.717, 1.165) is 17.0 Å². The van der Waals surface area contributed by atoms with Crippen LogP contribution in [0, 0.1) is 0 Å². The number of nitrogens with two attached hydrogens (primary N) is 1. The fourth-order valence-corrected chi connectivity index (χ4v) is 2.19. The Labute approximate surface area is 117 Å². The molecule has 0 amide bonds. The summed E-state index contributed by atoms with van der Waals surface area (Å²) in [6.07, 6.45) is 0. The number of aryl methyl sites for hydroxylation is 1. The molecule has 1 heterocycles. The highest BCUT2D eigenvalue weighted by molar-refractivity contribution is 5.54. The van der Waals surface area contributed by atoms with Gasteiger partial charge in [-0.15, -0.1) is 0 Å². The predicted octanol–water partition coefficient (Wildman–Crippen LogP) is 2.53. The summed E-state index contributed by atoms with van der Waals surface area (Å²) >= 11 is 0. The molecule has 1 unspecified atom stereocenters. The van der Waals surface area contributed by atoms with Crippen LogP contribution < -0.4 is 5.73 Å². The van der Waals surface area contributed by atoms with Gasteiger partial charge < -0.3 is 5.73 Å². The van der Waals surface area contributed by atoms with Gasteiger partial charge in [0.2, 0.25) is 0 Å². The van der Waals surface area contributed by atoms with Crippen molar-refractivity contribution in [1.82, 2.24) is 14.8 Å². The zero-order chi connectivity index (χ0) is 13.9. The van der Waals surface area contributed by atoms with E-state index in [-0.39, 0.29) is 6.04 Å². The molecule has 2 N–H and O–H groups in total. The van der Waals surface area contributed by atoms with Gasteiger partial charge in [-0.1, -0.05) is 60.7 Å². The predicted molar refractivity (Wildman–Crippen MR) is 78.9 cm³/mol. The molecule has 100 valence electrons. The van der Waals surface area contributed by atoms with Crippen molar-refractivity contribution < 1.29 is 0 Å². The molecule has 1 aromatic heterocycles. The molecule has 3 aromatic rings. The first-order chi connectivity index (χ1) is 9.75. The zero-order valence-corrected chi connectivity index (χ0v) is 11.3. The average Bonchev–Trinajstić information content (AvgIpc) is 2.90. The number of hydrogen-bond acceptors (Lipinski definition) is 3. The van der Waals surface area contributed by atoms with Crippen molar-refractivity contribution in [3.8, 4) is 11.4 Å². The van der Waals surface area contributed by atoms with Crippen LogP contribution in [0.5, 0.6) is 0 Å². The lowest BCUT2D eigenvalue weighted by molar-refractivity contribution is 0.660. The van der Waals surface area contributed by atoms with E-state index < -0.39 is 0 Å². The molecule has 0 aliphatic carbocycles. The van der Waals surface area contributed by atoms with Crippen LogP contribution in [0.4, 0.5) is 0 Å². The van der Waals surface area contributed by atoms with E-state index in [1.54, 1.807) is 4.68 Å². The van der Waals surface area contributed by atoms with Crippen LogP contribution in [0.25, 0.3) is 11.4 Å². The van der Waals surface area contributed by atoms with E-state index in [4.69, 9.17) is 5.73 Å². The second-order valence-electron chi connectivity index (χ2n) is 4.67. The lowest BCUT2D eigenvalue weighted by Gasteiger charge is -2.10. The van der Waals surface area contributed by atoms with Crippen LogP contribution in [-0.4, -0.2) is 14.8 Å². The molecule has 0 fully saturated rings. The highest BCUT2D eigenvalue weighted by Crippen LogP contribution is 2.21. The quantitative estimate of drug-likeness (QED) is 0.791. The van der Waals surface area contributed by atoms with Crippen LogP contribution in [0.1, 0.15) is 17.4 Å². The molecule has 0 aliphatic rings. The number of nitrogens with zero attached hydrogens (tertiary/aromatic N) is 3. The Morgan fingerprint density at radius 1 is 0.950 bits per heavy atom. The Morgan fingerprint density at radius 2 is 1.55 bits per heavy atom. The summed E-state index contributed by atoms with van der Waals surface area (Å²) in [6, 6.07) is 19.6. The summed E-state index contributed by atoms with van der Waals surface area (Å²) in [5.74, 6) is 1.46. The van der Waals surface area contributed by atoms with Crippen molar-refractivity contribution in [3.05, 3.63) is 72.1 Å². The normalized spacial score (nSPS) is 12.3. The third-order valence-electron chi connectivity index (χ3n) is 3.27. The summed E-state index contributed by atoms with van der Waals surface area (Å²) in [5, 5.41) is 4.45. The summed E-state index contributed by atoms with van der Waals surface area (Å²) in [7, 11) is 1.87. The second-order valence-corrected chi connectivity index (χ2v) is 4.67. The summed E-state index contributed by atoms with van der Waals surface area (Å²) < 4.78 is 1.75. The summed E-state index contributed by atoms with van der Waals surface area (Å²) in [4.78, 5) is 4.58. The van der Waals surface area contributed by atoms with Crippen LogP contribution in [-0.2, 0) is 7.05 Å². The molecule has 0 saturated heterocycles. The second kappa shape index (κ2) is 5.27. The average molecular weight is 264 g/mol. The number of hydrogen-bond donors (Lipinski definition) is 1. The Balaban J connectivity index is 1.98. The number of aromatic nitrogens is 3. The van der Waals surface area contributed by atoms with E-state index in [1.165, 1.54) is 0 Å². The topological polar surface area (TPSA) is 56.7 Å². The van der Waals surface area contributed by atoms with E-state index in [0.29, 0.717) is 5.82 Å². The standard InChI is InChI=1S/C16H16N4/c1-20-16(14(17)12-8-4-2-5-9-12)18-15(19-20)13-10-6-3-7-11-13/h2-11,14H,17H2,1H3. The molecule has 4 heteroatoms. The highest BCUT2D eigenvalue weighted by atomic mass is 15.3. The van der Waals surface area contributed by atoms with Gasteiger partial charge in [0.1, 0.15) is 5.82 Å². The molecule has 0 radical (unpaired) electrons. The SMILES string of the molecule is Cn1nc(-c2ccccc2)nc1C(N)c1ccccc1. The van der Waals surface area contributed by atoms with Gasteiger partial charge in [-0.3, -0.25) is 4.68 Å². The Kier molecular flexibility index (Phi) is 3.31. The fourth-order valence-electron chi connectivity index (χ4n) is 2.19. The molecule has 4 nitrogen and oxygen atoms in total. The molecule has 3 rings (SSSR count). The maximum atomic E-state index is 6.29. The van der Waals surface area contributed by atoms with Crippen molar-refractivity contribution in [2.45, 2.75) is 6.04 Å². The first-order valence-corrected chi connectivity index (χ1v) is 6.52. The minimum Gasteiger partial charge on any atom is -0.318 e. The van der Waals surface area contributed by atoms with Gasteiger partial charge >= 0.3 is 0 Å². The van der Waals surface area contributed by atoms with Gasteiger partial charge in [-0.25, -0.2) is 4.98 Å². The van der Waals surface area contributed by atoms with Gasteiger partial charge in [0.15, 0.2) is 5.82 Å². The molecule has 20 heavy (non-hydrogen) atoms. The van der Waals surface area contributed by atoms with E-state index in [1.807, 2.05) is 67.7 Å². The minimum absolute atomic E-state index is 0.272. The first-order valence-electron chi connectivity index (χ1n) is 6.52. The number of rotatable bonds is 3. The fraction of sp³-hybridized carbons (Fsp3) is 0.125. The molecular weight excluding hydrogens is 248 g/mol. The molecule has 0 saturated carbocycles. The molecule has 2 aromatic carbocycles. The third kappa shape index (κ3) is 2.33. The van der Waals surface area contributed by atoms with Crippen molar-refractivity contribution in [1.29, 1.82) is 0 Å². The maximum absolute atomic E-state index is 6.29. The van der Waals surface area contributed by atoms with Crippen molar-refractivity contribution in [2.75, 3.05) is 0 Å². The van der Waals surface area contributed by atoms with Crippen LogP contribution in [0.2, 0.25) is 0 Å². The largest absolute Gasteiger partial charge is 0.318 e. The van der Waals surface area contributed by atoms with E-state index in [2.05, 4.69) is 10.1 Å². The van der Waals surface area contributed by atoms with Crippen LogP contribution in [0.3, 0.4) is 0 Å². The van der Waals surface area contributed by atoms with Gasteiger partial charge in [-0.2, -0.15) is 5.10 Å². The van der Waals surface area contributed by atoms with Gasteiger partial charge in [-0.05, 0) is 5.56 Å². The monoisotopic (exact) mass is 264 g/mol. The van der Waals surface area contributed by atoms with Crippen molar-refractivity contribution >= 4 is 0 Å². The third-order valence-corrected chi connectivity index (χ3v) is 3.27. The zero-order valence-electron chi connectivity index (χ0n) is 11.3. The number of benzene rings is 2. The Morgan fingerprint density at radius 3 is 2.20 bits per heavy atom.